The second-order valence-electron chi connectivity index (χ2n) is 5.74. The largest absolute Gasteiger partial charge is 0.395 e. The maximum atomic E-state index is 12.2. The number of piperazine rings is 1. The number of carbonyl (C=O) groups excluding carboxylic acids is 1. The SMILES string of the molecule is CC(CO)N(C)CC(=O)N1CCN(Cc2ccsc2)CC1. The van der Waals surface area contributed by atoms with Crippen LogP contribution in [0.15, 0.2) is 16.8 Å². The number of hydrogen-bond acceptors (Lipinski definition) is 5. The molecule has 1 aromatic rings. The molecule has 0 radical (unpaired) electrons. The minimum atomic E-state index is 0.0221. The lowest BCUT2D eigenvalue weighted by Gasteiger charge is -2.35. The maximum absolute atomic E-state index is 12.2. The molecule has 1 aliphatic heterocycles. The van der Waals surface area contributed by atoms with Crippen molar-refractivity contribution in [2.45, 2.75) is 19.5 Å². The first-order valence-corrected chi connectivity index (χ1v) is 8.36. The molecule has 1 N–H and O–H groups in total. The summed E-state index contributed by atoms with van der Waals surface area (Å²) in [5.74, 6) is 0.160. The summed E-state index contributed by atoms with van der Waals surface area (Å²) in [4.78, 5) is 18.5. The molecule has 0 aliphatic carbocycles. The van der Waals surface area contributed by atoms with Crippen LogP contribution < -0.4 is 0 Å². The summed E-state index contributed by atoms with van der Waals surface area (Å²) in [5.41, 5.74) is 1.36. The van der Waals surface area contributed by atoms with Crippen molar-refractivity contribution >= 4 is 17.2 Å². The van der Waals surface area contributed by atoms with Gasteiger partial charge < -0.3 is 10.0 Å². The Kier molecular flexibility index (Phi) is 6.17. The van der Waals surface area contributed by atoms with Crippen LogP contribution in [0.25, 0.3) is 0 Å². The maximum Gasteiger partial charge on any atom is 0.236 e. The Morgan fingerprint density at radius 3 is 2.71 bits per heavy atom. The molecule has 1 amide bonds. The first-order valence-electron chi connectivity index (χ1n) is 7.42. The van der Waals surface area contributed by atoms with Crippen LogP contribution in [0, 0.1) is 0 Å². The molecule has 1 aliphatic rings. The lowest BCUT2D eigenvalue weighted by molar-refractivity contribution is -0.134. The van der Waals surface area contributed by atoms with Crippen molar-refractivity contribution in [1.82, 2.24) is 14.7 Å². The molecule has 1 aromatic heterocycles. The molecule has 0 bridgehead atoms. The zero-order valence-electron chi connectivity index (χ0n) is 12.9. The summed E-state index contributed by atoms with van der Waals surface area (Å²) in [7, 11) is 1.88. The highest BCUT2D eigenvalue weighted by Crippen LogP contribution is 2.12. The monoisotopic (exact) mass is 311 g/mol. The predicted octanol–water partition coefficient (Wildman–Crippen LogP) is 0.705. The molecule has 2 rings (SSSR count). The Hall–Kier alpha value is -0.950. The Labute approximate surface area is 130 Å². The molecular weight excluding hydrogens is 286 g/mol. The van der Waals surface area contributed by atoms with Gasteiger partial charge in [-0.2, -0.15) is 11.3 Å². The van der Waals surface area contributed by atoms with Gasteiger partial charge in [-0.15, -0.1) is 0 Å². The van der Waals surface area contributed by atoms with Gasteiger partial charge in [0, 0.05) is 38.8 Å². The minimum Gasteiger partial charge on any atom is -0.395 e. The first kappa shape index (κ1) is 16.4. The summed E-state index contributed by atoms with van der Waals surface area (Å²) >= 11 is 1.73. The molecular formula is C15H25N3O2S. The molecule has 0 spiro atoms. The molecule has 1 unspecified atom stereocenters. The third kappa shape index (κ3) is 4.78. The van der Waals surface area contributed by atoms with Crippen LogP contribution in [-0.4, -0.2) is 78.1 Å². The molecule has 0 aromatic carbocycles. The predicted molar refractivity (Wildman–Crippen MR) is 85.4 cm³/mol. The fourth-order valence-corrected chi connectivity index (χ4v) is 3.06. The average Bonchev–Trinajstić information content (AvgIpc) is 2.99. The number of nitrogens with zero attached hydrogens (tertiary/aromatic N) is 3. The van der Waals surface area contributed by atoms with E-state index in [0.29, 0.717) is 6.54 Å². The number of aliphatic hydroxyl groups excluding tert-OH is 1. The first-order chi connectivity index (χ1) is 10.1. The van der Waals surface area contributed by atoms with Crippen molar-refractivity contribution < 1.29 is 9.90 Å². The lowest BCUT2D eigenvalue weighted by atomic mass is 10.2. The van der Waals surface area contributed by atoms with E-state index in [1.165, 1.54) is 5.56 Å². The van der Waals surface area contributed by atoms with Gasteiger partial charge in [0.25, 0.3) is 0 Å². The molecule has 0 saturated carbocycles. The minimum absolute atomic E-state index is 0.0221. The second kappa shape index (κ2) is 7.89. The number of hydrogen-bond donors (Lipinski definition) is 1. The second-order valence-corrected chi connectivity index (χ2v) is 6.52. The fourth-order valence-electron chi connectivity index (χ4n) is 2.40. The highest BCUT2D eigenvalue weighted by molar-refractivity contribution is 7.07. The van der Waals surface area contributed by atoms with E-state index in [1.54, 1.807) is 11.3 Å². The van der Waals surface area contributed by atoms with Gasteiger partial charge in [-0.1, -0.05) is 0 Å². The number of aliphatic hydroxyl groups is 1. The number of amides is 1. The van der Waals surface area contributed by atoms with Gasteiger partial charge in [-0.05, 0) is 36.4 Å². The van der Waals surface area contributed by atoms with Crippen LogP contribution in [0.2, 0.25) is 0 Å². The summed E-state index contributed by atoms with van der Waals surface area (Å²) in [6, 6.07) is 2.18. The zero-order chi connectivity index (χ0) is 15.2. The standard InChI is InChI=1S/C15H25N3O2S/c1-13(11-19)16(2)10-15(20)18-6-4-17(5-7-18)9-14-3-8-21-12-14/h3,8,12-13,19H,4-7,9-11H2,1-2H3. The Balaban J connectivity index is 1.74. The molecule has 6 heteroatoms. The Bertz CT molecular complexity index is 430. The molecule has 118 valence electrons. The van der Waals surface area contributed by atoms with E-state index < -0.39 is 0 Å². The van der Waals surface area contributed by atoms with Gasteiger partial charge in [-0.3, -0.25) is 14.6 Å². The summed E-state index contributed by atoms with van der Waals surface area (Å²) in [6.07, 6.45) is 0. The number of rotatable bonds is 6. The van der Waals surface area contributed by atoms with Gasteiger partial charge in [0.15, 0.2) is 0 Å². The summed E-state index contributed by atoms with van der Waals surface area (Å²) in [5, 5.41) is 13.4. The third-order valence-corrected chi connectivity index (χ3v) is 4.84. The zero-order valence-corrected chi connectivity index (χ0v) is 13.7. The topological polar surface area (TPSA) is 47.0 Å². The number of thiophene rings is 1. The molecule has 5 nitrogen and oxygen atoms in total. The summed E-state index contributed by atoms with van der Waals surface area (Å²) in [6.45, 7) is 6.82. The molecule has 2 heterocycles. The Morgan fingerprint density at radius 1 is 1.43 bits per heavy atom. The molecule has 1 saturated heterocycles. The van der Waals surface area contributed by atoms with Gasteiger partial charge in [0.1, 0.15) is 0 Å². The van der Waals surface area contributed by atoms with Crippen molar-refractivity contribution in [3.05, 3.63) is 22.4 Å². The molecule has 21 heavy (non-hydrogen) atoms. The van der Waals surface area contributed by atoms with Crippen LogP contribution in [0.1, 0.15) is 12.5 Å². The van der Waals surface area contributed by atoms with Crippen LogP contribution in [0.3, 0.4) is 0 Å². The number of carbonyl (C=O) groups is 1. The lowest BCUT2D eigenvalue weighted by Crippen LogP contribution is -2.51. The van der Waals surface area contributed by atoms with Gasteiger partial charge in [0.2, 0.25) is 5.91 Å². The van der Waals surface area contributed by atoms with E-state index in [-0.39, 0.29) is 18.6 Å². The van der Waals surface area contributed by atoms with E-state index in [2.05, 4.69) is 21.7 Å². The van der Waals surface area contributed by atoms with E-state index in [1.807, 2.05) is 23.8 Å². The van der Waals surface area contributed by atoms with E-state index in [0.717, 1.165) is 32.7 Å². The van der Waals surface area contributed by atoms with Gasteiger partial charge in [0.05, 0.1) is 13.2 Å². The summed E-state index contributed by atoms with van der Waals surface area (Å²) < 4.78 is 0. The van der Waals surface area contributed by atoms with E-state index >= 15 is 0 Å². The van der Waals surface area contributed by atoms with Crippen LogP contribution in [0.5, 0.6) is 0 Å². The highest BCUT2D eigenvalue weighted by atomic mass is 32.1. The third-order valence-electron chi connectivity index (χ3n) is 4.11. The van der Waals surface area contributed by atoms with E-state index in [4.69, 9.17) is 5.11 Å². The normalized spacial score (nSPS) is 18.2. The van der Waals surface area contributed by atoms with Crippen molar-refractivity contribution in [2.24, 2.45) is 0 Å². The van der Waals surface area contributed by atoms with Crippen molar-refractivity contribution in [3.8, 4) is 0 Å². The van der Waals surface area contributed by atoms with Crippen molar-refractivity contribution in [2.75, 3.05) is 46.4 Å². The fraction of sp³-hybridized carbons (Fsp3) is 0.667. The Morgan fingerprint density at radius 2 is 2.14 bits per heavy atom. The van der Waals surface area contributed by atoms with E-state index in [9.17, 15) is 4.79 Å². The van der Waals surface area contributed by atoms with Gasteiger partial charge >= 0.3 is 0 Å². The highest BCUT2D eigenvalue weighted by Gasteiger charge is 2.22. The van der Waals surface area contributed by atoms with Crippen LogP contribution >= 0.6 is 11.3 Å². The smallest absolute Gasteiger partial charge is 0.236 e. The molecule has 1 fully saturated rings. The molecule has 1 atom stereocenters. The quantitative estimate of drug-likeness (QED) is 0.840. The van der Waals surface area contributed by atoms with Gasteiger partial charge in [-0.25, -0.2) is 0 Å². The number of likely N-dealkylation sites (N-methyl/N-ethyl adjacent to an activating group) is 1. The average molecular weight is 311 g/mol. The van der Waals surface area contributed by atoms with Crippen molar-refractivity contribution in [1.29, 1.82) is 0 Å². The van der Waals surface area contributed by atoms with Crippen molar-refractivity contribution in [3.63, 3.8) is 0 Å². The van der Waals surface area contributed by atoms with Crippen LogP contribution in [0.4, 0.5) is 0 Å². The van der Waals surface area contributed by atoms with Crippen LogP contribution in [-0.2, 0) is 11.3 Å².